The second-order valence-electron chi connectivity index (χ2n) is 2.78. The standard InChI is InChI=1S/C10H11NOS/c12-5-6-13-10-9-4-2-1-3-8(9)7-11-10/h1-4,7,11-12H,5-6H2. The summed E-state index contributed by atoms with van der Waals surface area (Å²) in [4.78, 5) is 3.20. The average molecular weight is 193 g/mol. The van der Waals surface area contributed by atoms with Gasteiger partial charge in [-0.2, -0.15) is 0 Å². The molecule has 0 aliphatic carbocycles. The molecule has 13 heavy (non-hydrogen) atoms. The Morgan fingerprint density at radius 3 is 3.00 bits per heavy atom. The van der Waals surface area contributed by atoms with Gasteiger partial charge in [0.25, 0.3) is 0 Å². The zero-order valence-corrected chi connectivity index (χ0v) is 7.97. The van der Waals surface area contributed by atoms with Crippen LogP contribution < -0.4 is 0 Å². The van der Waals surface area contributed by atoms with E-state index in [2.05, 4.69) is 17.1 Å². The maximum Gasteiger partial charge on any atom is 0.0802 e. The van der Waals surface area contributed by atoms with Crippen molar-refractivity contribution in [1.29, 1.82) is 0 Å². The zero-order valence-electron chi connectivity index (χ0n) is 7.16. The van der Waals surface area contributed by atoms with Gasteiger partial charge in [-0.15, -0.1) is 11.8 Å². The van der Waals surface area contributed by atoms with E-state index in [1.165, 1.54) is 10.8 Å². The number of benzene rings is 1. The quantitative estimate of drug-likeness (QED) is 0.733. The van der Waals surface area contributed by atoms with Crippen LogP contribution in [0.5, 0.6) is 0 Å². The number of aromatic nitrogens is 1. The minimum Gasteiger partial charge on any atom is -0.396 e. The molecule has 1 aromatic heterocycles. The predicted octanol–water partition coefficient (Wildman–Crippen LogP) is 2.25. The number of H-pyrrole nitrogens is 1. The van der Waals surface area contributed by atoms with Crippen molar-refractivity contribution in [1.82, 2.24) is 4.98 Å². The van der Waals surface area contributed by atoms with Crippen LogP contribution in [0.25, 0.3) is 10.8 Å². The maximum atomic E-state index is 8.70. The fraction of sp³-hybridized carbons (Fsp3) is 0.200. The van der Waals surface area contributed by atoms with Gasteiger partial charge in [-0.3, -0.25) is 0 Å². The summed E-state index contributed by atoms with van der Waals surface area (Å²) >= 11 is 1.65. The van der Waals surface area contributed by atoms with Gasteiger partial charge in [0.1, 0.15) is 0 Å². The highest BCUT2D eigenvalue weighted by molar-refractivity contribution is 7.99. The molecule has 2 nitrogen and oxygen atoms in total. The molecule has 68 valence electrons. The average Bonchev–Trinajstić information content (AvgIpc) is 2.58. The minimum atomic E-state index is 0.220. The Morgan fingerprint density at radius 2 is 2.15 bits per heavy atom. The molecular weight excluding hydrogens is 182 g/mol. The first-order chi connectivity index (χ1) is 6.42. The van der Waals surface area contributed by atoms with Gasteiger partial charge in [0, 0.05) is 22.7 Å². The number of hydrogen-bond donors (Lipinski definition) is 2. The van der Waals surface area contributed by atoms with Crippen molar-refractivity contribution < 1.29 is 5.11 Å². The number of hydrogen-bond acceptors (Lipinski definition) is 2. The van der Waals surface area contributed by atoms with E-state index in [4.69, 9.17) is 5.11 Å². The van der Waals surface area contributed by atoms with E-state index < -0.39 is 0 Å². The molecule has 2 rings (SSSR count). The van der Waals surface area contributed by atoms with Crippen LogP contribution in [0, 0.1) is 0 Å². The summed E-state index contributed by atoms with van der Waals surface area (Å²) in [5, 5.41) is 12.3. The maximum absolute atomic E-state index is 8.70. The second-order valence-corrected chi connectivity index (χ2v) is 3.88. The monoisotopic (exact) mass is 193 g/mol. The lowest BCUT2D eigenvalue weighted by Gasteiger charge is -1.96. The summed E-state index contributed by atoms with van der Waals surface area (Å²) in [5.41, 5.74) is 0. The highest BCUT2D eigenvalue weighted by atomic mass is 32.2. The van der Waals surface area contributed by atoms with Crippen LogP contribution in [-0.4, -0.2) is 22.5 Å². The molecule has 0 aliphatic heterocycles. The van der Waals surface area contributed by atoms with Crippen LogP contribution in [0.15, 0.2) is 35.5 Å². The van der Waals surface area contributed by atoms with E-state index in [0.29, 0.717) is 0 Å². The SMILES string of the molecule is OCCSc1[nH]cc2ccccc12. The number of aliphatic hydroxyl groups is 1. The fourth-order valence-electron chi connectivity index (χ4n) is 1.32. The van der Waals surface area contributed by atoms with E-state index >= 15 is 0 Å². The highest BCUT2D eigenvalue weighted by Gasteiger charge is 2.01. The first-order valence-electron chi connectivity index (χ1n) is 4.21. The minimum absolute atomic E-state index is 0.220. The topological polar surface area (TPSA) is 36.0 Å². The van der Waals surface area contributed by atoms with Gasteiger partial charge in [0.2, 0.25) is 0 Å². The summed E-state index contributed by atoms with van der Waals surface area (Å²) in [6.45, 7) is 0.220. The summed E-state index contributed by atoms with van der Waals surface area (Å²) in [6, 6.07) is 8.22. The third-order valence-electron chi connectivity index (χ3n) is 1.90. The van der Waals surface area contributed by atoms with Crippen molar-refractivity contribution in [3.63, 3.8) is 0 Å². The fourth-order valence-corrected chi connectivity index (χ4v) is 2.10. The molecule has 1 heterocycles. The van der Waals surface area contributed by atoms with Gasteiger partial charge >= 0.3 is 0 Å². The summed E-state index contributed by atoms with van der Waals surface area (Å²) < 4.78 is 0. The zero-order chi connectivity index (χ0) is 9.10. The molecular formula is C10H11NOS. The number of fused-ring (bicyclic) bond motifs is 1. The lowest BCUT2D eigenvalue weighted by atomic mass is 10.2. The number of nitrogens with one attached hydrogen (secondary N) is 1. The van der Waals surface area contributed by atoms with Crippen LogP contribution in [0.3, 0.4) is 0 Å². The molecule has 0 radical (unpaired) electrons. The molecule has 0 bridgehead atoms. The molecule has 0 unspecified atom stereocenters. The first kappa shape index (κ1) is 8.66. The van der Waals surface area contributed by atoms with Crippen LogP contribution in [-0.2, 0) is 0 Å². The van der Waals surface area contributed by atoms with Crippen molar-refractivity contribution in [3.8, 4) is 0 Å². The Bertz CT molecular complexity index is 396. The Hall–Kier alpha value is -0.930. The lowest BCUT2D eigenvalue weighted by Crippen LogP contribution is -1.85. The molecule has 2 N–H and O–H groups in total. The van der Waals surface area contributed by atoms with Crippen LogP contribution in [0.1, 0.15) is 0 Å². The Kier molecular flexibility index (Phi) is 2.57. The van der Waals surface area contributed by atoms with E-state index in [9.17, 15) is 0 Å². The Balaban J connectivity index is 2.35. The normalized spacial score (nSPS) is 10.8. The lowest BCUT2D eigenvalue weighted by molar-refractivity contribution is 0.322. The smallest absolute Gasteiger partial charge is 0.0802 e. The third kappa shape index (κ3) is 1.71. The van der Waals surface area contributed by atoms with Gasteiger partial charge in [-0.1, -0.05) is 24.3 Å². The first-order valence-corrected chi connectivity index (χ1v) is 5.20. The third-order valence-corrected chi connectivity index (χ3v) is 2.92. The van der Waals surface area contributed by atoms with E-state index in [1.54, 1.807) is 11.8 Å². The number of aliphatic hydroxyl groups excluding tert-OH is 1. The van der Waals surface area contributed by atoms with Gasteiger partial charge in [-0.05, 0) is 0 Å². The van der Waals surface area contributed by atoms with Gasteiger partial charge in [0.15, 0.2) is 0 Å². The molecule has 0 aliphatic rings. The molecule has 0 saturated heterocycles. The van der Waals surface area contributed by atoms with Gasteiger partial charge in [-0.25, -0.2) is 0 Å². The van der Waals surface area contributed by atoms with Crippen LogP contribution >= 0.6 is 11.8 Å². The summed E-state index contributed by atoms with van der Waals surface area (Å²) in [6.07, 6.45) is 2.00. The Morgan fingerprint density at radius 1 is 1.31 bits per heavy atom. The van der Waals surface area contributed by atoms with Crippen molar-refractivity contribution in [2.24, 2.45) is 0 Å². The number of rotatable bonds is 3. The Labute approximate surface area is 81.0 Å². The molecule has 0 atom stereocenters. The van der Waals surface area contributed by atoms with Crippen molar-refractivity contribution in [2.45, 2.75) is 5.03 Å². The molecule has 0 saturated carbocycles. The van der Waals surface area contributed by atoms with Crippen LogP contribution in [0.2, 0.25) is 0 Å². The summed E-state index contributed by atoms with van der Waals surface area (Å²) in [7, 11) is 0. The number of aromatic amines is 1. The van der Waals surface area contributed by atoms with Gasteiger partial charge in [0.05, 0.1) is 11.6 Å². The molecule has 2 aromatic rings. The molecule has 0 spiro atoms. The van der Waals surface area contributed by atoms with E-state index in [1.807, 2.05) is 18.3 Å². The van der Waals surface area contributed by atoms with E-state index in [-0.39, 0.29) is 6.61 Å². The molecule has 1 aromatic carbocycles. The van der Waals surface area contributed by atoms with E-state index in [0.717, 1.165) is 10.8 Å². The largest absolute Gasteiger partial charge is 0.396 e. The molecule has 3 heteroatoms. The highest BCUT2D eigenvalue weighted by Crippen LogP contribution is 2.26. The van der Waals surface area contributed by atoms with Crippen molar-refractivity contribution >= 4 is 22.5 Å². The number of thioether (sulfide) groups is 1. The van der Waals surface area contributed by atoms with Crippen molar-refractivity contribution in [3.05, 3.63) is 30.5 Å². The molecule has 0 amide bonds. The molecule has 0 fully saturated rings. The van der Waals surface area contributed by atoms with Gasteiger partial charge < -0.3 is 10.1 Å². The predicted molar refractivity (Wildman–Crippen MR) is 56.1 cm³/mol. The summed E-state index contributed by atoms with van der Waals surface area (Å²) in [5.74, 6) is 0.741. The second kappa shape index (κ2) is 3.85. The van der Waals surface area contributed by atoms with Crippen molar-refractivity contribution in [2.75, 3.05) is 12.4 Å². The van der Waals surface area contributed by atoms with Crippen LogP contribution in [0.4, 0.5) is 0 Å².